The lowest BCUT2D eigenvalue weighted by atomic mass is 10.1. The highest BCUT2D eigenvalue weighted by molar-refractivity contribution is 6.30. The summed E-state index contributed by atoms with van der Waals surface area (Å²) in [6.07, 6.45) is 0. The van der Waals surface area contributed by atoms with Crippen LogP contribution in [-0.2, 0) is 0 Å². The summed E-state index contributed by atoms with van der Waals surface area (Å²) in [6, 6.07) is 9.41. The van der Waals surface area contributed by atoms with Gasteiger partial charge in [0.25, 0.3) is 0 Å². The first-order valence-electron chi connectivity index (χ1n) is 6.09. The predicted octanol–water partition coefficient (Wildman–Crippen LogP) is 4.07. The second-order valence-corrected chi connectivity index (χ2v) is 5.12. The molecule has 3 nitrogen and oxygen atoms in total. The maximum Gasteiger partial charge on any atom is 0.337 e. The van der Waals surface area contributed by atoms with Gasteiger partial charge in [-0.2, -0.15) is 0 Å². The number of aromatic nitrogens is 1. The van der Waals surface area contributed by atoms with Gasteiger partial charge in [0.2, 0.25) is 0 Å². The van der Waals surface area contributed by atoms with Gasteiger partial charge in [-0.05, 0) is 44.5 Å². The van der Waals surface area contributed by atoms with Gasteiger partial charge in [0, 0.05) is 16.4 Å². The number of carbonyl (C=O) groups is 1. The minimum absolute atomic E-state index is 0.0744. The Labute approximate surface area is 117 Å². The third kappa shape index (κ3) is 2.51. The summed E-state index contributed by atoms with van der Waals surface area (Å²) >= 11 is 5.89. The van der Waals surface area contributed by atoms with Crippen molar-refractivity contribution in [2.24, 2.45) is 0 Å². The quantitative estimate of drug-likeness (QED) is 0.919. The Bertz CT molecular complexity index is 614. The first kappa shape index (κ1) is 13.7. The van der Waals surface area contributed by atoms with Gasteiger partial charge in [-0.15, -0.1) is 0 Å². The number of nitrogens with zero attached hydrogens (tertiary/aromatic N) is 1. The summed E-state index contributed by atoms with van der Waals surface area (Å²) in [5, 5.41) is 9.86. The van der Waals surface area contributed by atoms with Gasteiger partial charge < -0.3 is 9.67 Å². The summed E-state index contributed by atoms with van der Waals surface area (Å²) in [6.45, 7) is 5.81. The van der Waals surface area contributed by atoms with E-state index in [9.17, 15) is 4.79 Å². The minimum Gasteiger partial charge on any atom is -0.478 e. The van der Waals surface area contributed by atoms with Gasteiger partial charge in [-0.1, -0.05) is 23.7 Å². The number of aryl methyl sites for hydroxylation is 1. The lowest BCUT2D eigenvalue weighted by molar-refractivity contribution is 0.0696. The molecule has 0 spiro atoms. The lowest BCUT2D eigenvalue weighted by Gasteiger charge is -2.19. The van der Waals surface area contributed by atoms with Crippen molar-refractivity contribution >= 4 is 17.6 Å². The van der Waals surface area contributed by atoms with E-state index >= 15 is 0 Å². The first-order valence-corrected chi connectivity index (χ1v) is 6.46. The Hall–Kier alpha value is -1.74. The number of hydrogen-bond acceptors (Lipinski definition) is 1. The molecule has 2 rings (SSSR count). The Morgan fingerprint density at radius 3 is 2.32 bits per heavy atom. The molecule has 0 saturated carbocycles. The van der Waals surface area contributed by atoms with Crippen LogP contribution in [0.5, 0.6) is 0 Å². The lowest BCUT2D eigenvalue weighted by Crippen LogP contribution is -2.11. The molecule has 1 atom stereocenters. The maximum absolute atomic E-state index is 11.2. The van der Waals surface area contributed by atoms with Crippen molar-refractivity contribution in [1.29, 1.82) is 0 Å². The van der Waals surface area contributed by atoms with Crippen molar-refractivity contribution in [3.05, 3.63) is 57.9 Å². The van der Waals surface area contributed by atoms with E-state index in [0.717, 1.165) is 17.0 Å². The molecule has 19 heavy (non-hydrogen) atoms. The largest absolute Gasteiger partial charge is 0.478 e. The Kier molecular flexibility index (Phi) is 3.67. The highest BCUT2D eigenvalue weighted by Gasteiger charge is 2.18. The van der Waals surface area contributed by atoms with Gasteiger partial charge in [-0.25, -0.2) is 4.79 Å². The first-order chi connectivity index (χ1) is 8.91. The summed E-state index contributed by atoms with van der Waals surface area (Å²) in [7, 11) is 0. The number of aromatic carboxylic acids is 1. The molecule has 0 amide bonds. The second-order valence-electron chi connectivity index (χ2n) is 4.69. The van der Waals surface area contributed by atoms with E-state index in [-0.39, 0.29) is 6.04 Å². The van der Waals surface area contributed by atoms with E-state index in [1.165, 1.54) is 0 Å². The molecule has 0 aliphatic carbocycles. The fraction of sp³-hybridized carbons (Fsp3) is 0.267. The van der Waals surface area contributed by atoms with Gasteiger partial charge in [-0.3, -0.25) is 0 Å². The fourth-order valence-electron chi connectivity index (χ4n) is 2.48. The Morgan fingerprint density at radius 1 is 1.26 bits per heavy atom. The van der Waals surface area contributed by atoms with Crippen LogP contribution in [0.15, 0.2) is 30.3 Å². The molecule has 1 N–H and O–H groups in total. The van der Waals surface area contributed by atoms with Crippen LogP contribution in [0.25, 0.3) is 0 Å². The topological polar surface area (TPSA) is 42.2 Å². The molecule has 1 aromatic carbocycles. The molecule has 0 aliphatic heterocycles. The highest BCUT2D eigenvalue weighted by Crippen LogP contribution is 2.26. The van der Waals surface area contributed by atoms with Crippen LogP contribution in [0.4, 0.5) is 0 Å². The van der Waals surface area contributed by atoms with E-state index in [1.54, 1.807) is 6.07 Å². The van der Waals surface area contributed by atoms with Crippen LogP contribution >= 0.6 is 11.6 Å². The zero-order chi connectivity index (χ0) is 14.2. The van der Waals surface area contributed by atoms with Crippen LogP contribution < -0.4 is 0 Å². The molecule has 0 aliphatic rings. The van der Waals surface area contributed by atoms with E-state index in [0.29, 0.717) is 10.6 Å². The minimum atomic E-state index is -0.886. The molecular formula is C15H16ClNO2. The summed E-state index contributed by atoms with van der Waals surface area (Å²) in [5.74, 6) is -0.886. The predicted molar refractivity (Wildman–Crippen MR) is 76.1 cm³/mol. The SMILES string of the molecule is Cc1cc(C(=O)O)c(C)n1C(C)c1ccc(Cl)cc1. The van der Waals surface area contributed by atoms with Gasteiger partial charge >= 0.3 is 5.97 Å². The molecule has 1 aromatic heterocycles. The number of carboxylic acids is 1. The van der Waals surface area contributed by atoms with Crippen LogP contribution in [0, 0.1) is 13.8 Å². The van der Waals surface area contributed by atoms with Crippen molar-refractivity contribution in [3.8, 4) is 0 Å². The van der Waals surface area contributed by atoms with Gasteiger partial charge in [0.1, 0.15) is 0 Å². The van der Waals surface area contributed by atoms with Crippen molar-refractivity contribution in [1.82, 2.24) is 4.57 Å². The molecule has 0 radical (unpaired) electrons. The van der Waals surface area contributed by atoms with Crippen molar-refractivity contribution in [2.75, 3.05) is 0 Å². The third-order valence-electron chi connectivity index (χ3n) is 3.45. The second kappa shape index (κ2) is 5.10. The number of carboxylic acid groups (broad SMARTS) is 1. The molecule has 1 heterocycles. The number of halogens is 1. The smallest absolute Gasteiger partial charge is 0.337 e. The number of benzene rings is 1. The molecule has 2 aromatic rings. The normalized spacial score (nSPS) is 12.4. The van der Waals surface area contributed by atoms with Crippen molar-refractivity contribution < 1.29 is 9.90 Å². The van der Waals surface area contributed by atoms with E-state index in [1.807, 2.05) is 42.7 Å². The van der Waals surface area contributed by atoms with Crippen molar-refractivity contribution in [2.45, 2.75) is 26.8 Å². The Morgan fingerprint density at radius 2 is 1.84 bits per heavy atom. The zero-order valence-electron chi connectivity index (χ0n) is 11.1. The summed E-state index contributed by atoms with van der Waals surface area (Å²) in [5.41, 5.74) is 3.17. The van der Waals surface area contributed by atoms with Gasteiger partial charge in [0.15, 0.2) is 0 Å². The van der Waals surface area contributed by atoms with Crippen LogP contribution in [0.2, 0.25) is 5.02 Å². The van der Waals surface area contributed by atoms with E-state index < -0.39 is 5.97 Å². The van der Waals surface area contributed by atoms with E-state index in [4.69, 9.17) is 16.7 Å². The zero-order valence-corrected chi connectivity index (χ0v) is 11.9. The molecule has 0 bridgehead atoms. The number of rotatable bonds is 3. The Balaban J connectivity index is 2.47. The monoisotopic (exact) mass is 277 g/mol. The van der Waals surface area contributed by atoms with E-state index in [2.05, 4.69) is 6.92 Å². The molecule has 4 heteroatoms. The van der Waals surface area contributed by atoms with Gasteiger partial charge in [0.05, 0.1) is 11.6 Å². The average Bonchev–Trinajstić information content (AvgIpc) is 2.65. The van der Waals surface area contributed by atoms with Crippen molar-refractivity contribution in [3.63, 3.8) is 0 Å². The number of hydrogen-bond donors (Lipinski definition) is 1. The molecule has 1 unspecified atom stereocenters. The summed E-state index contributed by atoms with van der Waals surface area (Å²) < 4.78 is 2.03. The van der Waals surface area contributed by atoms with Crippen LogP contribution in [0.3, 0.4) is 0 Å². The van der Waals surface area contributed by atoms with Crippen LogP contribution in [0.1, 0.15) is 40.3 Å². The average molecular weight is 278 g/mol. The third-order valence-corrected chi connectivity index (χ3v) is 3.71. The molecule has 100 valence electrons. The molecule has 0 fully saturated rings. The standard InChI is InChI=1S/C15H16ClNO2/c1-9-8-14(15(18)19)11(3)17(9)10(2)12-4-6-13(16)7-5-12/h4-8,10H,1-3H3,(H,18,19). The highest BCUT2D eigenvalue weighted by atomic mass is 35.5. The summed E-state index contributed by atoms with van der Waals surface area (Å²) in [4.78, 5) is 11.2. The molecular weight excluding hydrogens is 262 g/mol. The molecule has 0 saturated heterocycles. The fourth-order valence-corrected chi connectivity index (χ4v) is 2.61. The van der Waals surface area contributed by atoms with Crippen LogP contribution in [-0.4, -0.2) is 15.6 Å². The maximum atomic E-state index is 11.2.